The average molecular weight is 385 g/mol. The van der Waals surface area contributed by atoms with E-state index in [4.69, 9.17) is 0 Å². The number of aryl methyl sites for hydroxylation is 1. The third kappa shape index (κ3) is 6.75. The SMILES string of the molecule is CCc1ccc(C2CCC(CCC3CCC(/C=C/CCCF)CC3)CC2)cc1. The fourth-order valence-electron chi connectivity index (χ4n) is 5.43. The highest BCUT2D eigenvalue weighted by molar-refractivity contribution is 5.25. The summed E-state index contributed by atoms with van der Waals surface area (Å²) in [5, 5.41) is 0. The minimum atomic E-state index is -0.176. The molecule has 0 N–H and O–H groups in total. The molecule has 2 saturated carbocycles. The van der Waals surface area contributed by atoms with Gasteiger partial charge in [0.25, 0.3) is 0 Å². The van der Waals surface area contributed by atoms with Crippen molar-refractivity contribution in [2.75, 3.05) is 6.67 Å². The van der Waals surface area contributed by atoms with E-state index in [-0.39, 0.29) is 6.67 Å². The summed E-state index contributed by atoms with van der Waals surface area (Å²) in [6.07, 6.45) is 21.5. The van der Waals surface area contributed by atoms with E-state index in [1.54, 1.807) is 5.56 Å². The molecule has 0 spiro atoms. The minimum Gasteiger partial charge on any atom is -0.251 e. The Labute approximate surface area is 173 Å². The predicted octanol–water partition coefficient (Wildman–Crippen LogP) is 8.42. The fourth-order valence-corrected chi connectivity index (χ4v) is 5.43. The van der Waals surface area contributed by atoms with Crippen LogP contribution in [-0.2, 0) is 6.42 Å². The first-order chi connectivity index (χ1) is 13.8. The van der Waals surface area contributed by atoms with E-state index in [9.17, 15) is 4.39 Å². The zero-order chi connectivity index (χ0) is 19.6. The van der Waals surface area contributed by atoms with Crippen LogP contribution in [0.1, 0.15) is 101 Å². The molecule has 156 valence electrons. The van der Waals surface area contributed by atoms with Crippen molar-refractivity contribution in [3.05, 3.63) is 47.5 Å². The minimum absolute atomic E-state index is 0.176. The zero-order valence-corrected chi connectivity index (χ0v) is 18.1. The van der Waals surface area contributed by atoms with Gasteiger partial charge < -0.3 is 0 Å². The summed E-state index contributed by atoms with van der Waals surface area (Å²) in [7, 11) is 0. The lowest BCUT2D eigenvalue weighted by molar-refractivity contribution is 0.246. The second kappa shape index (κ2) is 11.8. The normalized spacial score (nSPS) is 28.6. The van der Waals surface area contributed by atoms with Gasteiger partial charge in [0.2, 0.25) is 0 Å². The highest BCUT2D eigenvalue weighted by atomic mass is 19.1. The van der Waals surface area contributed by atoms with E-state index in [2.05, 4.69) is 43.3 Å². The van der Waals surface area contributed by atoms with Crippen molar-refractivity contribution in [1.82, 2.24) is 0 Å². The van der Waals surface area contributed by atoms with Gasteiger partial charge in [-0.15, -0.1) is 0 Å². The Kier molecular flexibility index (Phi) is 9.09. The summed E-state index contributed by atoms with van der Waals surface area (Å²) in [5.41, 5.74) is 3.04. The lowest BCUT2D eigenvalue weighted by atomic mass is 9.74. The third-order valence-electron chi connectivity index (χ3n) is 7.49. The van der Waals surface area contributed by atoms with Crippen LogP contribution < -0.4 is 0 Å². The maximum absolute atomic E-state index is 12.2. The van der Waals surface area contributed by atoms with Crippen LogP contribution in [0, 0.1) is 17.8 Å². The van der Waals surface area contributed by atoms with Gasteiger partial charge in [0.15, 0.2) is 0 Å². The van der Waals surface area contributed by atoms with E-state index < -0.39 is 0 Å². The number of halogens is 1. The largest absolute Gasteiger partial charge is 0.251 e. The number of rotatable bonds is 9. The van der Waals surface area contributed by atoms with E-state index in [0.29, 0.717) is 6.42 Å². The molecular weight excluding hydrogens is 343 g/mol. The molecule has 1 aromatic carbocycles. The molecular formula is C27H41F. The van der Waals surface area contributed by atoms with Gasteiger partial charge in [0.05, 0.1) is 6.67 Å². The summed E-state index contributed by atoms with van der Waals surface area (Å²) < 4.78 is 12.2. The van der Waals surface area contributed by atoms with Crippen LogP contribution in [0.3, 0.4) is 0 Å². The van der Waals surface area contributed by atoms with E-state index in [1.165, 1.54) is 69.8 Å². The smallest absolute Gasteiger partial charge is 0.0897 e. The summed E-state index contributed by atoms with van der Waals surface area (Å²) in [6, 6.07) is 9.42. The predicted molar refractivity (Wildman–Crippen MR) is 120 cm³/mol. The second-order valence-corrected chi connectivity index (χ2v) is 9.43. The maximum atomic E-state index is 12.2. The van der Waals surface area contributed by atoms with Crippen LogP contribution in [-0.4, -0.2) is 6.67 Å². The molecule has 2 fully saturated rings. The fraction of sp³-hybridized carbons (Fsp3) is 0.704. The molecule has 0 nitrogen and oxygen atoms in total. The average Bonchev–Trinajstić information content (AvgIpc) is 2.76. The van der Waals surface area contributed by atoms with Crippen LogP contribution in [0.25, 0.3) is 0 Å². The molecule has 0 saturated heterocycles. The van der Waals surface area contributed by atoms with E-state index >= 15 is 0 Å². The number of allylic oxidation sites excluding steroid dienone is 2. The Hall–Kier alpha value is -1.11. The Balaban J connectivity index is 1.31. The van der Waals surface area contributed by atoms with Gasteiger partial charge in [-0.3, -0.25) is 4.39 Å². The Morgan fingerprint density at radius 3 is 2.04 bits per heavy atom. The van der Waals surface area contributed by atoms with Crippen molar-refractivity contribution in [2.24, 2.45) is 17.8 Å². The Bertz CT molecular complexity index is 556. The number of unbranched alkanes of at least 4 members (excludes halogenated alkanes) is 1. The molecule has 28 heavy (non-hydrogen) atoms. The van der Waals surface area contributed by atoms with Crippen LogP contribution in [0.5, 0.6) is 0 Å². The monoisotopic (exact) mass is 384 g/mol. The standard InChI is InChI=1S/C27H41F/c1-2-22-13-17-26(18-14-22)27-19-15-25(16-20-27)12-11-24-9-7-23(8-10-24)6-4-3-5-21-28/h4,6,13-14,17-18,23-25,27H,2-3,5,7-12,15-16,19-21H2,1H3/b6-4+. The first kappa shape index (κ1) is 21.6. The summed E-state index contributed by atoms with van der Waals surface area (Å²) in [4.78, 5) is 0. The van der Waals surface area contributed by atoms with E-state index in [0.717, 1.165) is 36.5 Å². The molecule has 2 aliphatic carbocycles. The molecule has 0 bridgehead atoms. The van der Waals surface area contributed by atoms with Gasteiger partial charge in [0, 0.05) is 0 Å². The summed E-state index contributed by atoms with van der Waals surface area (Å²) >= 11 is 0. The van der Waals surface area contributed by atoms with Crippen molar-refractivity contribution in [3.8, 4) is 0 Å². The molecule has 0 radical (unpaired) electrons. The number of benzene rings is 1. The van der Waals surface area contributed by atoms with Gasteiger partial charge in [-0.1, -0.05) is 56.2 Å². The van der Waals surface area contributed by atoms with Crippen molar-refractivity contribution in [3.63, 3.8) is 0 Å². The second-order valence-electron chi connectivity index (χ2n) is 9.43. The molecule has 3 rings (SSSR count). The molecule has 1 aromatic rings. The Morgan fingerprint density at radius 2 is 1.46 bits per heavy atom. The molecule has 0 heterocycles. The zero-order valence-electron chi connectivity index (χ0n) is 18.1. The van der Waals surface area contributed by atoms with Crippen LogP contribution >= 0.6 is 0 Å². The van der Waals surface area contributed by atoms with Gasteiger partial charge in [-0.2, -0.15) is 0 Å². The first-order valence-electron chi connectivity index (χ1n) is 12.1. The number of hydrogen-bond acceptors (Lipinski definition) is 0. The van der Waals surface area contributed by atoms with E-state index in [1.807, 2.05) is 0 Å². The van der Waals surface area contributed by atoms with Crippen molar-refractivity contribution < 1.29 is 4.39 Å². The maximum Gasteiger partial charge on any atom is 0.0897 e. The Morgan fingerprint density at radius 1 is 0.857 bits per heavy atom. The van der Waals surface area contributed by atoms with Crippen molar-refractivity contribution in [2.45, 2.75) is 96.3 Å². The molecule has 0 atom stereocenters. The number of alkyl halides is 1. The lowest BCUT2D eigenvalue weighted by Crippen LogP contribution is -2.17. The van der Waals surface area contributed by atoms with Gasteiger partial charge in [0.1, 0.15) is 0 Å². The lowest BCUT2D eigenvalue weighted by Gasteiger charge is -2.31. The topological polar surface area (TPSA) is 0 Å². The highest BCUT2D eigenvalue weighted by Gasteiger charge is 2.24. The van der Waals surface area contributed by atoms with Crippen LogP contribution in [0.15, 0.2) is 36.4 Å². The summed E-state index contributed by atoms with van der Waals surface area (Å²) in [6.45, 7) is 2.06. The van der Waals surface area contributed by atoms with Crippen LogP contribution in [0.4, 0.5) is 4.39 Å². The highest BCUT2D eigenvalue weighted by Crippen LogP contribution is 2.40. The number of hydrogen-bond donors (Lipinski definition) is 0. The quantitative estimate of drug-likeness (QED) is 0.296. The molecule has 0 aliphatic heterocycles. The summed E-state index contributed by atoms with van der Waals surface area (Å²) in [5.74, 6) is 3.52. The van der Waals surface area contributed by atoms with Gasteiger partial charge >= 0.3 is 0 Å². The third-order valence-corrected chi connectivity index (χ3v) is 7.49. The van der Waals surface area contributed by atoms with Gasteiger partial charge in [-0.05, 0) is 105 Å². The van der Waals surface area contributed by atoms with Crippen molar-refractivity contribution in [1.29, 1.82) is 0 Å². The van der Waals surface area contributed by atoms with Crippen LogP contribution in [0.2, 0.25) is 0 Å². The van der Waals surface area contributed by atoms with Gasteiger partial charge in [-0.25, -0.2) is 0 Å². The molecule has 2 aliphatic rings. The molecule has 1 heteroatoms. The van der Waals surface area contributed by atoms with Crippen molar-refractivity contribution >= 4 is 0 Å². The molecule has 0 unspecified atom stereocenters. The molecule has 0 amide bonds. The molecule has 0 aromatic heterocycles. The first-order valence-corrected chi connectivity index (χ1v) is 12.1.